The first-order chi connectivity index (χ1) is 17.2. The van der Waals surface area contributed by atoms with Gasteiger partial charge in [-0.25, -0.2) is 4.98 Å². The van der Waals surface area contributed by atoms with Crippen molar-refractivity contribution in [1.82, 2.24) is 9.55 Å². The van der Waals surface area contributed by atoms with E-state index in [0.717, 1.165) is 52.6 Å². The van der Waals surface area contributed by atoms with E-state index in [1.54, 1.807) is 0 Å². The lowest BCUT2D eigenvalue weighted by molar-refractivity contribution is 0.716. The van der Waals surface area contributed by atoms with Crippen LogP contribution in [-0.4, -0.2) is 15.8 Å². The first-order valence-electron chi connectivity index (χ1n) is 13.2. The van der Waals surface area contributed by atoms with Gasteiger partial charge < -0.3 is 4.57 Å². The molecule has 1 heterocycles. The number of rotatable bonds is 9. The molecule has 0 amide bonds. The molecule has 1 aromatic heterocycles. The van der Waals surface area contributed by atoms with Crippen LogP contribution in [0.25, 0.3) is 16.8 Å². The van der Waals surface area contributed by atoms with Gasteiger partial charge in [0.25, 0.3) is 0 Å². The van der Waals surface area contributed by atoms with Gasteiger partial charge in [-0.3, -0.25) is 4.99 Å². The van der Waals surface area contributed by atoms with Crippen molar-refractivity contribution in [2.24, 2.45) is 4.99 Å². The van der Waals surface area contributed by atoms with E-state index in [4.69, 9.17) is 4.98 Å². The number of aliphatic imine (C=N–C) groups is 1. The van der Waals surface area contributed by atoms with Crippen LogP contribution in [0.2, 0.25) is 0 Å². The van der Waals surface area contributed by atoms with E-state index in [1.165, 1.54) is 36.0 Å². The summed E-state index contributed by atoms with van der Waals surface area (Å²) in [5.41, 5.74) is 10.5. The van der Waals surface area contributed by atoms with Crippen LogP contribution in [0.3, 0.4) is 0 Å². The molecular formula is C33H45N3. The fourth-order valence-corrected chi connectivity index (χ4v) is 4.01. The molecule has 0 aliphatic rings. The lowest BCUT2D eigenvalue weighted by Crippen LogP contribution is -2.05. The van der Waals surface area contributed by atoms with Gasteiger partial charge in [-0.2, -0.15) is 0 Å². The second-order valence-corrected chi connectivity index (χ2v) is 9.75. The Bertz CT molecular complexity index is 1190. The Morgan fingerprint density at radius 2 is 1.61 bits per heavy atom. The molecule has 192 valence electrons. The average Bonchev–Trinajstić information content (AvgIpc) is 3.18. The standard InChI is InChI=1S/C28H35N3.C5H10/c1-7-9-10-11-23-12-14-24(15-13-23)19-31-22(6)30-27(20(3)4)28(31)25-16-17-26(29-8-2)21(5)18-25;1-4-5(2)3/h8,12-18H,3,7,9-11,19H2,1-2,4-6H3;4H,1-3H3. The van der Waals surface area contributed by atoms with Crippen molar-refractivity contribution < 1.29 is 0 Å². The number of aryl methyl sites for hydroxylation is 3. The van der Waals surface area contributed by atoms with Crippen molar-refractivity contribution >= 4 is 17.5 Å². The molecule has 36 heavy (non-hydrogen) atoms. The molecule has 2 aromatic carbocycles. The first kappa shape index (κ1) is 29.0. The van der Waals surface area contributed by atoms with E-state index in [9.17, 15) is 0 Å². The van der Waals surface area contributed by atoms with E-state index in [-0.39, 0.29) is 0 Å². The van der Waals surface area contributed by atoms with Crippen molar-refractivity contribution in [3.05, 3.63) is 88.9 Å². The van der Waals surface area contributed by atoms with E-state index < -0.39 is 0 Å². The average molecular weight is 484 g/mol. The molecule has 0 aliphatic carbocycles. The Kier molecular flexibility index (Phi) is 11.6. The van der Waals surface area contributed by atoms with E-state index >= 15 is 0 Å². The first-order valence-corrected chi connectivity index (χ1v) is 13.2. The largest absolute Gasteiger partial charge is 0.323 e. The summed E-state index contributed by atoms with van der Waals surface area (Å²) in [6.07, 6.45) is 8.90. The van der Waals surface area contributed by atoms with Crippen molar-refractivity contribution in [2.45, 2.75) is 87.6 Å². The zero-order valence-corrected chi connectivity index (χ0v) is 23.8. The number of hydrogen-bond acceptors (Lipinski definition) is 2. The van der Waals surface area contributed by atoms with Crippen LogP contribution in [-0.2, 0) is 13.0 Å². The van der Waals surface area contributed by atoms with E-state index in [0.29, 0.717) is 0 Å². The summed E-state index contributed by atoms with van der Waals surface area (Å²) in [7, 11) is 0. The summed E-state index contributed by atoms with van der Waals surface area (Å²) in [5.74, 6) is 1.01. The van der Waals surface area contributed by atoms with Crippen LogP contribution in [0.15, 0.2) is 65.7 Å². The number of unbranched alkanes of at least 4 members (excludes halogenated alkanes) is 2. The van der Waals surface area contributed by atoms with Gasteiger partial charge in [0.1, 0.15) is 5.82 Å². The molecule has 0 aliphatic heterocycles. The maximum atomic E-state index is 4.87. The highest BCUT2D eigenvalue weighted by atomic mass is 15.1. The number of nitrogens with zero attached hydrogens (tertiary/aromatic N) is 3. The minimum atomic E-state index is 0.796. The Hall–Kier alpha value is -3.20. The molecule has 0 radical (unpaired) electrons. The number of aromatic nitrogens is 2. The summed E-state index contributed by atoms with van der Waals surface area (Å²) in [4.78, 5) is 9.34. The summed E-state index contributed by atoms with van der Waals surface area (Å²) in [5, 5.41) is 0. The van der Waals surface area contributed by atoms with Gasteiger partial charge in [0.2, 0.25) is 0 Å². The third-order valence-corrected chi connectivity index (χ3v) is 6.31. The SMILES string of the molecule is C=C(C)c1nc(C)n(Cc2ccc(CCCCC)cc2)c1-c1ccc(N=CC)c(C)c1.CC=C(C)C. The third kappa shape index (κ3) is 8.19. The lowest BCUT2D eigenvalue weighted by Gasteiger charge is -2.14. The number of allylic oxidation sites excluding steroid dienone is 3. The molecule has 0 bridgehead atoms. The second-order valence-electron chi connectivity index (χ2n) is 9.75. The molecular weight excluding hydrogens is 438 g/mol. The van der Waals surface area contributed by atoms with Crippen LogP contribution in [0.1, 0.15) is 89.0 Å². The number of imidazole rings is 1. The fraction of sp³-hybridized carbons (Fsp3) is 0.394. The summed E-state index contributed by atoms with van der Waals surface area (Å²) in [6.45, 7) is 21.6. The molecule has 0 spiro atoms. The smallest absolute Gasteiger partial charge is 0.107 e. The highest BCUT2D eigenvalue weighted by Crippen LogP contribution is 2.33. The minimum absolute atomic E-state index is 0.796. The summed E-state index contributed by atoms with van der Waals surface area (Å²) in [6, 6.07) is 15.5. The lowest BCUT2D eigenvalue weighted by atomic mass is 10.0. The predicted octanol–water partition coefficient (Wildman–Crippen LogP) is 9.68. The maximum Gasteiger partial charge on any atom is 0.107 e. The van der Waals surface area contributed by atoms with Crippen LogP contribution >= 0.6 is 0 Å². The Balaban J connectivity index is 0.000000830. The molecule has 0 atom stereocenters. The second kappa shape index (κ2) is 14.4. The summed E-state index contributed by atoms with van der Waals surface area (Å²) >= 11 is 0. The molecule has 3 aromatic rings. The zero-order valence-electron chi connectivity index (χ0n) is 23.8. The molecule has 3 heteroatoms. The molecule has 3 nitrogen and oxygen atoms in total. The van der Waals surface area contributed by atoms with Gasteiger partial charge in [-0.15, -0.1) is 0 Å². The fourth-order valence-electron chi connectivity index (χ4n) is 4.01. The highest BCUT2D eigenvalue weighted by Gasteiger charge is 2.18. The van der Waals surface area contributed by atoms with Crippen molar-refractivity contribution in [2.75, 3.05) is 0 Å². The maximum absolute atomic E-state index is 4.87. The quantitative estimate of drug-likeness (QED) is 0.169. The van der Waals surface area contributed by atoms with Gasteiger partial charge in [-0.1, -0.05) is 68.3 Å². The number of hydrogen-bond donors (Lipinski definition) is 0. The molecule has 0 N–H and O–H groups in total. The van der Waals surface area contributed by atoms with Gasteiger partial charge in [0.05, 0.1) is 17.1 Å². The highest BCUT2D eigenvalue weighted by molar-refractivity contribution is 5.77. The molecule has 0 unspecified atom stereocenters. The molecule has 0 saturated carbocycles. The topological polar surface area (TPSA) is 30.2 Å². The van der Waals surface area contributed by atoms with Gasteiger partial charge in [0.15, 0.2) is 0 Å². The van der Waals surface area contributed by atoms with Gasteiger partial charge in [0, 0.05) is 18.3 Å². The normalized spacial score (nSPS) is 10.8. The predicted molar refractivity (Wildman–Crippen MR) is 160 cm³/mol. The van der Waals surface area contributed by atoms with Crippen LogP contribution in [0.5, 0.6) is 0 Å². The molecule has 0 saturated heterocycles. The molecule has 3 rings (SSSR count). The van der Waals surface area contributed by atoms with Crippen LogP contribution < -0.4 is 0 Å². The van der Waals surface area contributed by atoms with Crippen molar-refractivity contribution in [3.8, 4) is 11.3 Å². The van der Waals surface area contributed by atoms with Gasteiger partial charge >= 0.3 is 0 Å². The van der Waals surface area contributed by atoms with Crippen LogP contribution in [0, 0.1) is 13.8 Å². The van der Waals surface area contributed by atoms with Crippen molar-refractivity contribution in [3.63, 3.8) is 0 Å². The Labute approximate surface area is 219 Å². The number of benzene rings is 2. The monoisotopic (exact) mass is 483 g/mol. The van der Waals surface area contributed by atoms with Crippen LogP contribution in [0.4, 0.5) is 5.69 Å². The van der Waals surface area contributed by atoms with Gasteiger partial charge in [-0.05, 0) is 95.7 Å². The minimum Gasteiger partial charge on any atom is -0.323 e. The van der Waals surface area contributed by atoms with E-state index in [1.807, 2.05) is 27.0 Å². The Morgan fingerprint density at radius 3 is 2.14 bits per heavy atom. The summed E-state index contributed by atoms with van der Waals surface area (Å²) < 4.78 is 2.31. The Morgan fingerprint density at radius 1 is 0.972 bits per heavy atom. The third-order valence-electron chi connectivity index (χ3n) is 6.31. The van der Waals surface area contributed by atoms with Crippen molar-refractivity contribution in [1.29, 1.82) is 0 Å². The zero-order chi connectivity index (χ0) is 26.7. The van der Waals surface area contributed by atoms with E-state index in [2.05, 4.69) is 99.3 Å². The molecule has 0 fully saturated rings.